The van der Waals surface area contributed by atoms with Crippen LogP contribution in [0.5, 0.6) is 5.75 Å². The number of hydrogen-bond donors (Lipinski definition) is 1. The molecule has 122 valence electrons. The Morgan fingerprint density at radius 1 is 1.00 bits per heavy atom. The molecule has 0 unspecified atom stereocenters. The maximum atomic E-state index is 13.2. The minimum absolute atomic E-state index is 0.00265. The molecule has 0 atom stereocenters. The van der Waals surface area contributed by atoms with E-state index in [1.165, 1.54) is 12.3 Å². The molecule has 3 aromatic rings. The Kier molecular flexibility index (Phi) is 4.35. The molecule has 0 aliphatic heterocycles. The van der Waals surface area contributed by atoms with E-state index in [0.717, 1.165) is 11.3 Å². The van der Waals surface area contributed by atoms with E-state index in [1.54, 1.807) is 48.5 Å². The minimum atomic E-state index is -4.57. The fourth-order valence-corrected chi connectivity index (χ4v) is 3.00. The third-order valence-electron chi connectivity index (χ3n) is 3.17. The molecule has 3 nitrogen and oxygen atoms in total. The highest BCUT2D eigenvalue weighted by molar-refractivity contribution is 7.18. The monoisotopic (exact) mass is 348 g/mol. The lowest BCUT2D eigenvalue weighted by Crippen LogP contribution is -2.06. The van der Waals surface area contributed by atoms with Gasteiger partial charge in [-0.2, -0.15) is 13.2 Å². The number of rotatable bonds is 3. The number of aromatic hydroxyl groups is 1. The van der Waals surface area contributed by atoms with Crippen molar-refractivity contribution in [2.45, 2.75) is 6.18 Å². The van der Waals surface area contributed by atoms with Gasteiger partial charge in [0.05, 0.1) is 4.88 Å². The third-order valence-corrected chi connectivity index (χ3v) is 4.18. The number of aliphatic imine (C=N–C) groups is 1. The number of phenols is 1. The van der Waals surface area contributed by atoms with Crippen molar-refractivity contribution in [3.63, 3.8) is 0 Å². The molecular weight excluding hydrogens is 337 g/mol. The summed E-state index contributed by atoms with van der Waals surface area (Å²) in [5, 5.41) is 9.64. The van der Waals surface area contributed by atoms with Gasteiger partial charge in [-0.25, -0.2) is 9.98 Å². The molecule has 1 N–H and O–H groups in total. The van der Waals surface area contributed by atoms with Crippen LogP contribution in [0, 0.1) is 0 Å². The van der Waals surface area contributed by atoms with Crippen LogP contribution in [-0.4, -0.2) is 16.3 Å². The molecule has 0 aliphatic carbocycles. The van der Waals surface area contributed by atoms with Crippen molar-refractivity contribution >= 4 is 22.7 Å². The fourth-order valence-electron chi connectivity index (χ4n) is 2.06. The molecule has 7 heteroatoms. The molecule has 0 aliphatic rings. The van der Waals surface area contributed by atoms with Crippen molar-refractivity contribution in [3.05, 3.63) is 65.9 Å². The standard InChI is InChI=1S/C17H11F3N2OS/c18-17(19,20)15-14(11-6-2-1-3-7-11)24-16(22-15)21-10-12-8-4-5-9-13(12)23/h1-10,23H/b21-10+. The number of thiazole rings is 1. The van der Waals surface area contributed by atoms with Gasteiger partial charge in [0, 0.05) is 11.8 Å². The molecular formula is C17H11F3N2OS. The van der Waals surface area contributed by atoms with E-state index in [-0.39, 0.29) is 15.8 Å². The average molecular weight is 348 g/mol. The summed E-state index contributed by atoms with van der Waals surface area (Å²) >= 11 is 0.854. The summed E-state index contributed by atoms with van der Waals surface area (Å²) in [6.45, 7) is 0. The predicted octanol–water partition coefficient (Wildman–Crippen LogP) is 5.29. The number of para-hydroxylation sites is 1. The third kappa shape index (κ3) is 3.46. The molecule has 0 saturated heterocycles. The fraction of sp³-hybridized carbons (Fsp3) is 0.0588. The van der Waals surface area contributed by atoms with Gasteiger partial charge in [-0.3, -0.25) is 0 Å². The second-order valence-corrected chi connectivity index (χ2v) is 5.83. The quantitative estimate of drug-likeness (QED) is 0.654. The Morgan fingerprint density at radius 3 is 2.33 bits per heavy atom. The highest BCUT2D eigenvalue weighted by Gasteiger charge is 2.37. The van der Waals surface area contributed by atoms with Crippen LogP contribution < -0.4 is 0 Å². The Morgan fingerprint density at radius 2 is 1.67 bits per heavy atom. The first kappa shape index (κ1) is 16.2. The smallest absolute Gasteiger partial charge is 0.434 e. The van der Waals surface area contributed by atoms with Gasteiger partial charge < -0.3 is 5.11 Å². The van der Waals surface area contributed by atoms with Crippen LogP contribution in [0.2, 0.25) is 0 Å². The minimum Gasteiger partial charge on any atom is -0.507 e. The van der Waals surface area contributed by atoms with Crippen molar-refractivity contribution in [1.82, 2.24) is 4.98 Å². The molecule has 0 spiro atoms. The lowest BCUT2D eigenvalue weighted by Gasteiger charge is -2.05. The van der Waals surface area contributed by atoms with E-state index in [9.17, 15) is 18.3 Å². The van der Waals surface area contributed by atoms with Gasteiger partial charge in [-0.1, -0.05) is 53.8 Å². The van der Waals surface area contributed by atoms with Gasteiger partial charge in [0.1, 0.15) is 5.75 Å². The normalized spacial score (nSPS) is 12.0. The van der Waals surface area contributed by atoms with Gasteiger partial charge in [0.25, 0.3) is 0 Å². The Labute approximate surface area is 139 Å². The first-order valence-corrected chi connectivity index (χ1v) is 7.72. The molecule has 0 fully saturated rings. The zero-order valence-electron chi connectivity index (χ0n) is 12.2. The Bertz CT molecular complexity index is 873. The van der Waals surface area contributed by atoms with Gasteiger partial charge in [-0.15, -0.1) is 0 Å². The first-order valence-electron chi connectivity index (χ1n) is 6.90. The van der Waals surface area contributed by atoms with E-state index < -0.39 is 11.9 Å². The van der Waals surface area contributed by atoms with E-state index in [1.807, 2.05) is 0 Å². The second kappa shape index (κ2) is 6.45. The molecule has 2 aromatic carbocycles. The van der Waals surface area contributed by atoms with Crippen molar-refractivity contribution in [3.8, 4) is 16.2 Å². The van der Waals surface area contributed by atoms with Crippen molar-refractivity contribution in [1.29, 1.82) is 0 Å². The van der Waals surface area contributed by atoms with E-state index >= 15 is 0 Å². The van der Waals surface area contributed by atoms with Crippen LogP contribution in [0.25, 0.3) is 10.4 Å². The zero-order valence-corrected chi connectivity index (χ0v) is 13.0. The van der Waals surface area contributed by atoms with E-state index in [4.69, 9.17) is 0 Å². The maximum absolute atomic E-state index is 13.2. The van der Waals surface area contributed by atoms with Crippen LogP contribution in [0.1, 0.15) is 11.3 Å². The number of halogens is 3. The van der Waals surface area contributed by atoms with E-state index in [2.05, 4.69) is 9.98 Å². The van der Waals surface area contributed by atoms with E-state index in [0.29, 0.717) is 11.1 Å². The number of hydrogen-bond acceptors (Lipinski definition) is 4. The first-order chi connectivity index (χ1) is 11.4. The summed E-state index contributed by atoms with van der Waals surface area (Å²) in [4.78, 5) is 7.62. The highest BCUT2D eigenvalue weighted by Crippen LogP contribution is 2.42. The van der Waals surface area contributed by atoms with Crippen molar-refractivity contribution in [2.75, 3.05) is 0 Å². The van der Waals surface area contributed by atoms with Gasteiger partial charge in [-0.05, 0) is 17.7 Å². The summed E-state index contributed by atoms with van der Waals surface area (Å²) in [5.41, 5.74) is -0.114. The lowest BCUT2D eigenvalue weighted by molar-refractivity contribution is -0.140. The molecule has 1 aromatic heterocycles. The molecule has 24 heavy (non-hydrogen) atoms. The number of benzene rings is 2. The van der Waals surface area contributed by atoms with Gasteiger partial charge >= 0.3 is 6.18 Å². The summed E-state index contributed by atoms with van der Waals surface area (Å²) in [7, 11) is 0. The van der Waals surface area contributed by atoms with Crippen LogP contribution in [-0.2, 0) is 6.18 Å². The molecule has 0 amide bonds. The Balaban J connectivity index is 2.02. The maximum Gasteiger partial charge on any atom is 0.434 e. The number of nitrogens with zero attached hydrogens (tertiary/aromatic N) is 2. The molecule has 0 bridgehead atoms. The second-order valence-electron chi connectivity index (χ2n) is 4.85. The van der Waals surface area contributed by atoms with Gasteiger partial charge in [0.15, 0.2) is 5.69 Å². The lowest BCUT2D eigenvalue weighted by atomic mass is 10.1. The van der Waals surface area contributed by atoms with Crippen molar-refractivity contribution < 1.29 is 18.3 Å². The summed E-state index contributed by atoms with van der Waals surface area (Å²) < 4.78 is 39.7. The van der Waals surface area contributed by atoms with Crippen LogP contribution in [0.3, 0.4) is 0 Å². The number of phenolic OH excluding ortho intramolecular Hbond substituents is 1. The number of alkyl halides is 3. The molecule has 3 rings (SSSR count). The SMILES string of the molecule is Oc1ccccc1/C=N/c1nc(C(F)(F)F)c(-c2ccccc2)s1. The van der Waals surface area contributed by atoms with Crippen molar-refractivity contribution in [2.24, 2.45) is 4.99 Å². The van der Waals surface area contributed by atoms with Crippen LogP contribution in [0.15, 0.2) is 59.6 Å². The summed E-state index contributed by atoms with van der Waals surface area (Å²) in [6, 6.07) is 14.7. The molecule has 1 heterocycles. The largest absolute Gasteiger partial charge is 0.507 e. The number of aromatic nitrogens is 1. The topological polar surface area (TPSA) is 45.5 Å². The zero-order chi connectivity index (χ0) is 17.2. The summed E-state index contributed by atoms with van der Waals surface area (Å²) in [6.07, 6.45) is -3.27. The summed E-state index contributed by atoms with van der Waals surface area (Å²) in [5.74, 6) is -0.00265. The Hall–Kier alpha value is -2.67. The average Bonchev–Trinajstić information content (AvgIpc) is 3.00. The highest BCUT2D eigenvalue weighted by atomic mass is 32.1. The van der Waals surface area contributed by atoms with Crippen LogP contribution >= 0.6 is 11.3 Å². The molecule has 0 saturated carbocycles. The molecule has 0 radical (unpaired) electrons. The predicted molar refractivity (Wildman–Crippen MR) is 87.9 cm³/mol. The van der Waals surface area contributed by atoms with Crippen LogP contribution in [0.4, 0.5) is 18.3 Å². The van der Waals surface area contributed by atoms with Gasteiger partial charge in [0.2, 0.25) is 5.13 Å².